The first kappa shape index (κ1) is 23.7. The van der Waals surface area contributed by atoms with Gasteiger partial charge in [-0.15, -0.1) is 0 Å². The molecule has 6 heteroatoms. The zero-order valence-corrected chi connectivity index (χ0v) is 20.5. The number of carbonyl (C=O) groups excluding carboxylic acids is 1. The predicted octanol–water partition coefficient (Wildman–Crippen LogP) is 4.46. The maximum absolute atomic E-state index is 13.9. The molecule has 1 unspecified atom stereocenters. The summed E-state index contributed by atoms with van der Waals surface area (Å²) in [5.41, 5.74) is 4.15. The van der Waals surface area contributed by atoms with Crippen molar-refractivity contribution in [3.8, 4) is 0 Å². The number of fused-ring (bicyclic) bond motifs is 1. The van der Waals surface area contributed by atoms with Crippen molar-refractivity contribution in [3.05, 3.63) is 135 Å². The van der Waals surface area contributed by atoms with Gasteiger partial charge in [0.2, 0.25) is 0 Å². The van der Waals surface area contributed by atoms with Crippen molar-refractivity contribution in [2.24, 2.45) is 0 Å². The van der Waals surface area contributed by atoms with E-state index in [1.54, 1.807) is 16.6 Å². The van der Waals surface area contributed by atoms with Crippen molar-refractivity contribution >= 4 is 5.91 Å². The normalized spacial score (nSPS) is 13.9. The largest absolute Gasteiger partial charge is 0.367 e. The van der Waals surface area contributed by atoms with Crippen LogP contribution in [0.5, 0.6) is 0 Å². The smallest absolute Gasteiger partial charge is 0.257 e. The molecule has 0 saturated carbocycles. The second-order valence-corrected chi connectivity index (χ2v) is 9.02. The van der Waals surface area contributed by atoms with Crippen molar-refractivity contribution in [1.82, 2.24) is 14.5 Å². The Morgan fingerprint density at radius 1 is 0.861 bits per heavy atom. The van der Waals surface area contributed by atoms with Crippen molar-refractivity contribution < 1.29 is 9.53 Å². The molecule has 0 saturated heterocycles. The summed E-state index contributed by atoms with van der Waals surface area (Å²) in [5, 5.41) is 0. The Morgan fingerprint density at radius 2 is 1.39 bits per heavy atom. The highest BCUT2D eigenvalue weighted by atomic mass is 16.5. The van der Waals surface area contributed by atoms with Crippen LogP contribution < -0.4 is 5.56 Å². The molecular formula is C30H29N3O3. The second kappa shape index (κ2) is 10.3. The van der Waals surface area contributed by atoms with Crippen LogP contribution in [0, 0.1) is 6.92 Å². The van der Waals surface area contributed by atoms with Crippen molar-refractivity contribution in [3.63, 3.8) is 0 Å². The van der Waals surface area contributed by atoms with Crippen molar-refractivity contribution in [2.45, 2.75) is 32.0 Å². The number of methoxy groups -OCH3 is 1. The molecule has 1 atom stereocenters. The molecule has 1 aliphatic rings. The number of aryl methyl sites for hydroxylation is 1. The van der Waals surface area contributed by atoms with Crippen LogP contribution in [0.15, 0.2) is 95.8 Å². The summed E-state index contributed by atoms with van der Waals surface area (Å²) in [7, 11) is 1.54. The summed E-state index contributed by atoms with van der Waals surface area (Å²) in [6.07, 6.45) is -0.232. The van der Waals surface area contributed by atoms with Gasteiger partial charge in [0.15, 0.2) is 6.10 Å². The third-order valence-electron chi connectivity index (χ3n) is 6.81. The van der Waals surface area contributed by atoms with Gasteiger partial charge in [0.1, 0.15) is 5.82 Å². The fourth-order valence-electron chi connectivity index (χ4n) is 5.05. The maximum Gasteiger partial charge on any atom is 0.257 e. The van der Waals surface area contributed by atoms with E-state index >= 15 is 0 Å². The predicted molar refractivity (Wildman–Crippen MR) is 139 cm³/mol. The van der Waals surface area contributed by atoms with Gasteiger partial charge in [0.25, 0.3) is 11.5 Å². The van der Waals surface area contributed by atoms with Crippen molar-refractivity contribution in [2.75, 3.05) is 13.7 Å². The molecule has 1 amide bonds. The zero-order chi connectivity index (χ0) is 25.1. The number of nitrogens with zero attached hydrogens (tertiary/aromatic N) is 3. The van der Waals surface area contributed by atoms with E-state index < -0.39 is 6.10 Å². The molecule has 182 valence electrons. The number of aromatic nitrogens is 2. The number of hydrogen-bond donors (Lipinski definition) is 0. The van der Waals surface area contributed by atoms with E-state index in [1.807, 2.05) is 97.9 Å². The minimum Gasteiger partial charge on any atom is -0.367 e. The molecule has 0 bridgehead atoms. The van der Waals surface area contributed by atoms with Gasteiger partial charge >= 0.3 is 0 Å². The lowest BCUT2D eigenvalue weighted by atomic mass is 9.97. The molecule has 1 aromatic heterocycles. The van der Waals surface area contributed by atoms with Gasteiger partial charge < -0.3 is 9.64 Å². The van der Waals surface area contributed by atoms with Gasteiger partial charge in [-0.25, -0.2) is 4.98 Å². The molecule has 0 N–H and O–H groups in total. The second-order valence-electron chi connectivity index (χ2n) is 9.02. The summed E-state index contributed by atoms with van der Waals surface area (Å²) < 4.78 is 7.35. The molecule has 1 aliphatic heterocycles. The molecule has 3 aromatic carbocycles. The number of benzene rings is 3. The summed E-state index contributed by atoms with van der Waals surface area (Å²) in [5.74, 6) is 0.501. The Bertz CT molecular complexity index is 1360. The molecule has 0 fully saturated rings. The fourth-order valence-corrected chi connectivity index (χ4v) is 5.05. The molecule has 6 nitrogen and oxygen atoms in total. The molecule has 0 radical (unpaired) electrons. The SMILES string of the molecule is COC(C(=O)N1CCc2c(nc(C)n(C(c3ccccc3)c3ccccc3)c2=O)C1)c1ccccc1. The van der Waals surface area contributed by atoms with E-state index in [9.17, 15) is 9.59 Å². The van der Waals surface area contributed by atoms with Crippen LogP contribution in [0.1, 0.15) is 45.9 Å². The van der Waals surface area contributed by atoms with E-state index in [2.05, 4.69) is 0 Å². The van der Waals surface area contributed by atoms with E-state index in [-0.39, 0.29) is 17.5 Å². The standard InChI is InChI=1S/C30H29N3O3/c1-21-31-26-20-32(30(35)28(36-2)24-16-10-5-11-17-24)19-18-25(26)29(34)33(21)27(22-12-6-3-7-13-22)23-14-8-4-9-15-23/h3-17,27-28H,18-20H2,1-2H3. The van der Waals surface area contributed by atoms with Crippen LogP contribution in [-0.4, -0.2) is 34.0 Å². The molecule has 36 heavy (non-hydrogen) atoms. The Morgan fingerprint density at radius 3 is 1.92 bits per heavy atom. The van der Waals surface area contributed by atoms with Crippen LogP contribution in [0.25, 0.3) is 0 Å². The molecule has 5 rings (SSSR count). The number of carbonyl (C=O) groups is 1. The Labute approximate surface area is 210 Å². The first-order valence-electron chi connectivity index (χ1n) is 12.2. The number of ether oxygens (including phenoxy) is 1. The summed E-state index contributed by atoms with van der Waals surface area (Å²) in [6, 6.07) is 29.2. The van der Waals surface area contributed by atoms with E-state index in [1.165, 1.54) is 0 Å². The number of amides is 1. The van der Waals surface area contributed by atoms with Gasteiger partial charge in [-0.05, 0) is 30.0 Å². The average molecular weight is 480 g/mol. The van der Waals surface area contributed by atoms with Crippen LogP contribution in [0.4, 0.5) is 0 Å². The third kappa shape index (κ3) is 4.48. The highest BCUT2D eigenvalue weighted by molar-refractivity contribution is 5.82. The van der Waals surface area contributed by atoms with Crippen LogP contribution in [0.2, 0.25) is 0 Å². The van der Waals surface area contributed by atoms with Crippen LogP contribution >= 0.6 is 0 Å². The summed E-state index contributed by atoms with van der Waals surface area (Å²) in [4.78, 5) is 33.9. The first-order valence-corrected chi connectivity index (χ1v) is 12.2. The summed E-state index contributed by atoms with van der Waals surface area (Å²) in [6.45, 7) is 2.60. The van der Waals surface area contributed by atoms with E-state index in [0.29, 0.717) is 36.6 Å². The molecule has 4 aromatic rings. The Kier molecular flexibility index (Phi) is 6.78. The van der Waals surface area contributed by atoms with Crippen molar-refractivity contribution in [1.29, 1.82) is 0 Å². The lowest BCUT2D eigenvalue weighted by Crippen LogP contribution is -2.43. The Balaban J connectivity index is 1.51. The fraction of sp³-hybridized carbons (Fsp3) is 0.233. The average Bonchev–Trinajstić information content (AvgIpc) is 2.92. The lowest BCUT2D eigenvalue weighted by molar-refractivity contribution is -0.143. The van der Waals surface area contributed by atoms with Gasteiger partial charge in [-0.2, -0.15) is 0 Å². The lowest BCUT2D eigenvalue weighted by Gasteiger charge is -2.32. The quantitative estimate of drug-likeness (QED) is 0.410. The topological polar surface area (TPSA) is 64.4 Å². The summed E-state index contributed by atoms with van der Waals surface area (Å²) >= 11 is 0. The van der Waals surface area contributed by atoms with E-state index in [0.717, 1.165) is 16.7 Å². The molecular weight excluding hydrogens is 450 g/mol. The minimum absolute atomic E-state index is 0.0475. The monoisotopic (exact) mass is 479 g/mol. The zero-order valence-electron chi connectivity index (χ0n) is 20.5. The molecule has 0 spiro atoms. The van der Waals surface area contributed by atoms with Crippen LogP contribution in [0.3, 0.4) is 0 Å². The van der Waals surface area contributed by atoms with E-state index in [4.69, 9.17) is 9.72 Å². The minimum atomic E-state index is -0.685. The van der Waals surface area contributed by atoms with Crippen LogP contribution in [-0.2, 0) is 22.5 Å². The highest BCUT2D eigenvalue weighted by Crippen LogP contribution is 2.28. The van der Waals surface area contributed by atoms with Gasteiger partial charge in [0, 0.05) is 19.2 Å². The number of hydrogen-bond acceptors (Lipinski definition) is 4. The Hall–Kier alpha value is -4.03. The molecule has 0 aliphatic carbocycles. The maximum atomic E-state index is 13.9. The third-order valence-corrected chi connectivity index (χ3v) is 6.81. The van der Waals surface area contributed by atoms with Gasteiger partial charge in [0.05, 0.1) is 18.3 Å². The highest BCUT2D eigenvalue weighted by Gasteiger charge is 2.32. The van der Waals surface area contributed by atoms with Gasteiger partial charge in [-0.3, -0.25) is 14.2 Å². The molecule has 2 heterocycles. The number of rotatable bonds is 6. The first-order chi connectivity index (χ1) is 17.6. The van der Waals surface area contributed by atoms with Gasteiger partial charge in [-0.1, -0.05) is 91.0 Å².